The number of methoxy groups -OCH3 is 2. The number of carboxylic acids is 1. The van der Waals surface area contributed by atoms with Crippen LogP contribution in [0.5, 0.6) is 5.75 Å². The summed E-state index contributed by atoms with van der Waals surface area (Å²) in [5.74, 6) is -0.465. The number of nitrogens with one attached hydrogen (secondary N) is 1. The van der Waals surface area contributed by atoms with Crippen molar-refractivity contribution in [1.29, 1.82) is 0 Å². The normalized spacial score (nSPS) is 10.8. The fourth-order valence-electron chi connectivity index (χ4n) is 1.54. The second-order valence-corrected chi connectivity index (χ2v) is 3.90. The molecule has 7 nitrogen and oxygen atoms in total. The zero-order chi connectivity index (χ0) is 15.1. The first kappa shape index (κ1) is 15.5. The summed E-state index contributed by atoms with van der Waals surface area (Å²) >= 11 is 0. The topological polar surface area (TPSA) is 97.2 Å². The number of carboxylic acid groups (broad SMARTS) is 1. The van der Waals surface area contributed by atoms with Gasteiger partial charge in [0.15, 0.2) is 0 Å². The lowest BCUT2D eigenvalue weighted by Crippen LogP contribution is -2.18. The molecule has 0 atom stereocenters. The summed E-state index contributed by atoms with van der Waals surface area (Å²) in [5, 5.41) is 12.7. The number of hydrogen-bond acceptors (Lipinski definition) is 5. The molecule has 0 spiro atoms. The predicted molar refractivity (Wildman–Crippen MR) is 72.1 cm³/mol. The molecule has 0 aromatic heterocycles. The van der Waals surface area contributed by atoms with Crippen molar-refractivity contribution >= 4 is 17.8 Å². The van der Waals surface area contributed by atoms with Crippen LogP contribution in [-0.2, 0) is 16.0 Å². The summed E-state index contributed by atoms with van der Waals surface area (Å²) in [4.78, 5) is 21.7. The van der Waals surface area contributed by atoms with Gasteiger partial charge in [-0.05, 0) is 30.7 Å². The largest absolute Gasteiger partial charge is 0.496 e. The molecule has 0 fully saturated rings. The highest BCUT2D eigenvalue weighted by molar-refractivity contribution is 5.99. The number of ether oxygens (including phenoxy) is 2. The highest BCUT2D eigenvalue weighted by Crippen LogP contribution is 2.21. The van der Waals surface area contributed by atoms with E-state index in [2.05, 4.69) is 15.3 Å². The number of nitrogens with zero attached hydrogens (tertiary/aromatic N) is 1. The smallest absolute Gasteiger partial charge is 0.427 e. The molecule has 0 radical (unpaired) electrons. The number of hydrogen-bond donors (Lipinski definition) is 2. The number of aliphatic carboxylic acids is 1. The Morgan fingerprint density at radius 3 is 2.60 bits per heavy atom. The number of carbonyl (C=O) groups is 2. The molecule has 0 aliphatic rings. The van der Waals surface area contributed by atoms with E-state index in [0.717, 1.165) is 0 Å². The SMILES string of the molecule is COC(=O)N/N=C(/C)c1ccc(OC)c(CC(=O)O)c1. The number of amides is 1. The quantitative estimate of drug-likeness (QED) is 0.627. The van der Waals surface area contributed by atoms with E-state index >= 15 is 0 Å². The molecule has 0 aliphatic heterocycles. The monoisotopic (exact) mass is 280 g/mol. The van der Waals surface area contributed by atoms with Gasteiger partial charge in [0.1, 0.15) is 5.75 Å². The fourth-order valence-corrected chi connectivity index (χ4v) is 1.54. The number of rotatable bonds is 5. The van der Waals surface area contributed by atoms with Crippen LogP contribution in [0.15, 0.2) is 23.3 Å². The van der Waals surface area contributed by atoms with Crippen LogP contribution < -0.4 is 10.2 Å². The zero-order valence-corrected chi connectivity index (χ0v) is 11.5. The van der Waals surface area contributed by atoms with Crippen molar-refractivity contribution in [2.75, 3.05) is 14.2 Å². The molecular weight excluding hydrogens is 264 g/mol. The lowest BCUT2D eigenvalue weighted by atomic mass is 10.0. The number of hydrazone groups is 1. The highest BCUT2D eigenvalue weighted by Gasteiger charge is 2.10. The Morgan fingerprint density at radius 1 is 1.35 bits per heavy atom. The Hall–Kier alpha value is -2.57. The van der Waals surface area contributed by atoms with Crippen molar-refractivity contribution in [3.63, 3.8) is 0 Å². The minimum atomic E-state index is -0.956. The summed E-state index contributed by atoms with van der Waals surface area (Å²) in [7, 11) is 2.71. The van der Waals surface area contributed by atoms with E-state index in [-0.39, 0.29) is 6.42 Å². The Morgan fingerprint density at radius 2 is 2.05 bits per heavy atom. The van der Waals surface area contributed by atoms with Gasteiger partial charge in [0.25, 0.3) is 0 Å². The van der Waals surface area contributed by atoms with E-state index in [1.807, 2.05) is 0 Å². The van der Waals surface area contributed by atoms with Crippen molar-refractivity contribution in [3.05, 3.63) is 29.3 Å². The molecule has 0 heterocycles. The third-order valence-corrected chi connectivity index (χ3v) is 2.54. The number of carbonyl (C=O) groups excluding carboxylic acids is 1. The van der Waals surface area contributed by atoms with Crippen LogP contribution in [0.2, 0.25) is 0 Å². The van der Waals surface area contributed by atoms with Crippen molar-refractivity contribution in [3.8, 4) is 5.75 Å². The average molecular weight is 280 g/mol. The molecule has 0 unspecified atom stereocenters. The van der Waals surface area contributed by atoms with E-state index in [1.54, 1.807) is 25.1 Å². The Bertz CT molecular complexity index is 540. The molecular formula is C13H16N2O5. The third-order valence-electron chi connectivity index (χ3n) is 2.54. The van der Waals surface area contributed by atoms with E-state index in [0.29, 0.717) is 22.6 Å². The van der Waals surface area contributed by atoms with Gasteiger partial charge >= 0.3 is 12.1 Å². The van der Waals surface area contributed by atoms with Crippen molar-refractivity contribution in [1.82, 2.24) is 5.43 Å². The summed E-state index contributed by atoms with van der Waals surface area (Å²) in [5.41, 5.74) is 3.93. The molecule has 0 saturated heterocycles. The van der Waals surface area contributed by atoms with Crippen LogP contribution in [0.4, 0.5) is 4.79 Å². The molecule has 108 valence electrons. The van der Waals surface area contributed by atoms with Gasteiger partial charge < -0.3 is 14.6 Å². The van der Waals surface area contributed by atoms with Crippen LogP contribution in [0.3, 0.4) is 0 Å². The second kappa shape index (κ2) is 7.13. The van der Waals surface area contributed by atoms with Crippen LogP contribution in [0.1, 0.15) is 18.1 Å². The molecule has 1 aromatic rings. The van der Waals surface area contributed by atoms with Crippen molar-refractivity contribution in [2.24, 2.45) is 5.10 Å². The summed E-state index contributed by atoms with van der Waals surface area (Å²) < 4.78 is 9.50. The minimum Gasteiger partial charge on any atom is -0.496 e. The highest BCUT2D eigenvalue weighted by atomic mass is 16.5. The number of benzene rings is 1. The maximum Gasteiger partial charge on any atom is 0.427 e. The standard InChI is InChI=1S/C13H16N2O5/c1-8(14-15-13(18)20-3)9-4-5-11(19-2)10(6-9)7-12(16)17/h4-6H,7H2,1-3H3,(H,15,18)(H,16,17)/b14-8-. The molecule has 0 saturated carbocycles. The van der Waals surface area contributed by atoms with Gasteiger partial charge in [-0.2, -0.15) is 5.10 Å². The molecule has 0 bridgehead atoms. The fraction of sp³-hybridized carbons (Fsp3) is 0.308. The van der Waals surface area contributed by atoms with Crippen molar-refractivity contribution < 1.29 is 24.2 Å². The summed E-state index contributed by atoms with van der Waals surface area (Å²) in [6, 6.07) is 5.04. The lowest BCUT2D eigenvalue weighted by Gasteiger charge is -2.09. The molecule has 7 heteroatoms. The van der Waals surface area contributed by atoms with Gasteiger partial charge in [-0.15, -0.1) is 0 Å². The first-order valence-corrected chi connectivity index (χ1v) is 5.75. The molecule has 0 aliphatic carbocycles. The van der Waals surface area contributed by atoms with Gasteiger partial charge in [-0.3, -0.25) is 4.79 Å². The molecule has 1 amide bonds. The van der Waals surface area contributed by atoms with Crippen LogP contribution in [-0.4, -0.2) is 37.1 Å². The minimum absolute atomic E-state index is 0.158. The summed E-state index contributed by atoms with van der Waals surface area (Å²) in [6.07, 6.45) is -0.835. The van der Waals surface area contributed by atoms with Gasteiger partial charge in [0, 0.05) is 5.56 Å². The molecule has 2 N–H and O–H groups in total. The van der Waals surface area contributed by atoms with Crippen LogP contribution >= 0.6 is 0 Å². The van der Waals surface area contributed by atoms with E-state index in [1.165, 1.54) is 14.2 Å². The first-order chi connectivity index (χ1) is 9.47. The van der Waals surface area contributed by atoms with Crippen LogP contribution in [0.25, 0.3) is 0 Å². The predicted octanol–water partition coefficient (Wildman–Crippen LogP) is 1.40. The lowest BCUT2D eigenvalue weighted by molar-refractivity contribution is -0.136. The summed E-state index contributed by atoms with van der Waals surface area (Å²) in [6.45, 7) is 1.68. The Labute approximate surface area is 116 Å². The van der Waals surface area contributed by atoms with E-state index in [4.69, 9.17) is 9.84 Å². The second-order valence-electron chi connectivity index (χ2n) is 3.90. The first-order valence-electron chi connectivity index (χ1n) is 5.75. The molecule has 1 rings (SSSR count). The Balaban J connectivity index is 3.01. The van der Waals surface area contributed by atoms with Gasteiger partial charge in [-0.25, -0.2) is 10.2 Å². The van der Waals surface area contributed by atoms with Gasteiger partial charge in [0.05, 0.1) is 26.4 Å². The maximum absolute atomic E-state index is 10.9. The maximum atomic E-state index is 10.9. The van der Waals surface area contributed by atoms with E-state index in [9.17, 15) is 9.59 Å². The molecule has 20 heavy (non-hydrogen) atoms. The van der Waals surface area contributed by atoms with Crippen LogP contribution in [0, 0.1) is 0 Å². The average Bonchev–Trinajstić information content (AvgIpc) is 2.43. The van der Waals surface area contributed by atoms with E-state index < -0.39 is 12.1 Å². The van der Waals surface area contributed by atoms with Gasteiger partial charge in [-0.1, -0.05) is 0 Å². The third kappa shape index (κ3) is 4.27. The van der Waals surface area contributed by atoms with Gasteiger partial charge in [0.2, 0.25) is 0 Å². The van der Waals surface area contributed by atoms with Crippen molar-refractivity contribution in [2.45, 2.75) is 13.3 Å². The Kier molecular flexibility index (Phi) is 5.52. The zero-order valence-electron chi connectivity index (χ0n) is 11.5. The molecule has 1 aromatic carbocycles.